The third kappa shape index (κ3) is 4.50. The van der Waals surface area contributed by atoms with Crippen LogP contribution < -0.4 is 10.6 Å². The van der Waals surface area contributed by atoms with Crippen molar-refractivity contribution in [2.24, 2.45) is 0 Å². The van der Waals surface area contributed by atoms with Gasteiger partial charge in [-0.3, -0.25) is 10.1 Å². The first-order chi connectivity index (χ1) is 14.0. The summed E-state index contributed by atoms with van der Waals surface area (Å²) in [5, 5.41) is 19.5. The van der Waals surface area contributed by atoms with E-state index in [9.17, 15) is 4.79 Å². The number of nitrogens with one attached hydrogen (secondary N) is 2. The summed E-state index contributed by atoms with van der Waals surface area (Å²) in [7, 11) is 0. The molecule has 0 aliphatic heterocycles. The Bertz CT molecular complexity index is 1200. The van der Waals surface area contributed by atoms with Crippen LogP contribution in [-0.2, 0) is 6.54 Å². The van der Waals surface area contributed by atoms with Crippen molar-refractivity contribution in [1.82, 2.24) is 30.4 Å². The Hall–Kier alpha value is -2.69. The summed E-state index contributed by atoms with van der Waals surface area (Å²) in [5.74, 6) is 0.513. The Labute approximate surface area is 184 Å². The molecule has 0 aliphatic carbocycles. The van der Waals surface area contributed by atoms with Crippen molar-refractivity contribution >= 4 is 55.5 Å². The first-order valence-corrected chi connectivity index (χ1v) is 10.6. The molecule has 2 aromatic carbocycles. The van der Waals surface area contributed by atoms with Crippen LogP contribution in [-0.4, -0.2) is 30.8 Å². The van der Waals surface area contributed by atoms with Gasteiger partial charge in [0.15, 0.2) is 10.9 Å². The van der Waals surface area contributed by atoms with Crippen LogP contribution in [0, 0.1) is 6.92 Å². The molecule has 0 aliphatic rings. The molecule has 2 heterocycles. The number of halogens is 1. The SMILES string of the molecule is Cc1nnc2sc(-c3ccc(CNC(=S)NC(=O)c4cccc(Br)c4)cc3)nn12. The molecule has 4 rings (SSSR count). The van der Waals surface area contributed by atoms with E-state index in [1.807, 2.05) is 37.3 Å². The van der Waals surface area contributed by atoms with Gasteiger partial charge in [0.25, 0.3) is 5.91 Å². The van der Waals surface area contributed by atoms with Crippen LogP contribution in [0.1, 0.15) is 21.7 Å². The maximum Gasteiger partial charge on any atom is 0.257 e. The molecule has 1 amide bonds. The molecular weight excluding hydrogens is 472 g/mol. The number of hydrogen-bond donors (Lipinski definition) is 2. The van der Waals surface area contributed by atoms with Gasteiger partial charge in [0.05, 0.1) is 0 Å². The van der Waals surface area contributed by atoms with Crippen LogP contribution in [0.2, 0.25) is 0 Å². The minimum Gasteiger partial charge on any atom is -0.358 e. The predicted octanol–water partition coefficient (Wildman–Crippen LogP) is 3.73. The average molecular weight is 487 g/mol. The van der Waals surface area contributed by atoms with Crippen molar-refractivity contribution in [3.05, 3.63) is 70.0 Å². The van der Waals surface area contributed by atoms with Crippen LogP contribution in [0.25, 0.3) is 15.5 Å². The topological polar surface area (TPSA) is 84.2 Å². The molecule has 4 aromatic rings. The van der Waals surface area contributed by atoms with Crippen molar-refractivity contribution in [3.8, 4) is 10.6 Å². The fourth-order valence-electron chi connectivity index (χ4n) is 2.63. The Balaban J connectivity index is 1.35. The summed E-state index contributed by atoms with van der Waals surface area (Å²) in [5.41, 5.74) is 2.58. The molecule has 7 nitrogen and oxygen atoms in total. The van der Waals surface area contributed by atoms with Crippen molar-refractivity contribution in [1.29, 1.82) is 0 Å². The number of thiocarbonyl (C=S) groups is 1. The molecule has 0 spiro atoms. The second-order valence-electron chi connectivity index (χ2n) is 6.19. The first kappa shape index (κ1) is 19.6. The minimum atomic E-state index is -0.252. The lowest BCUT2D eigenvalue weighted by Gasteiger charge is -2.10. The lowest BCUT2D eigenvalue weighted by molar-refractivity contribution is 0.0976. The largest absolute Gasteiger partial charge is 0.358 e. The summed E-state index contributed by atoms with van der Waals surface area (Å²) in [6, 6.07) is 15.1. The zero-order valence-electron chi connectivity index (χ0n) is 15.2. The standard InChI is InChI=1S/C19H15BrN6OS2/c1-11-23-24-19-26(11)25-17(29-19)13-7-5-12(6-8-13)10-21-18(28)22-16(27)14-3-2-4-15(20)9-14/h2-9H,10H2,1H3,(H2,21,22,27,28). The van der Waals surface area contributed by atoms with E-state index in [1.54, 1.807) is 22.7 Å². The van der Waals surface area contributed by atoms with E-state index in [-0.39, 0.29) is 11.0 Å². The quantitative estimate of drug-likeness (QED) is 0.427. The third-order valence-corrected chi connectivity index (χ3v) is 5.80. The second-order valence-corrected chi connectivity index (χ2v) is 8.47. The number of rotatable bonds is 4. The smallest absolute Gasteiger partial charge is 0.257 e. The zero-order valence-corrected chi connectivity index (χ0v) is 18.4. The molecule has 0 saturated heterocycles. The highest BCUT2D eigenvalue weighted by atomic mass is 79.9. The first-order valence-electron chi connectivity index (χ1n) is 8.62. The van der Waals surface area contributed by atoms with E-state index in [0.29, 0.717) is 12.1 Å². The number of carbonyl (C=O) groups excluding carboxylic acids is 1. The minimum absolute atomic E-state index is 0.252. The van der Waals surface area contributed by atoms with E-state index >= 15 is 0 Å². The van der Waals surface area contributed by atoms with Crippen molar-refractivity contribution in [2.75, 3.05) is 0 Å². The number of nitrogens with zero attached hydrogens (tertiary/aromatic N) is 4. The van der Waals surface area contributed by atoms with Gasteiger partial charge in [0, 0.05) is 22.1 Å². The molecule has 2 N–H and O–H groups in total. The average Bonchev–Trinajstić information content (AvgIpc) is 3.29. The fourth-order valence-corrected chi connectivity index (χ4v) is 4.08. The third-order valence-electron chi connectivity index (χ3n) is 4.11. The highest BCUT2D eigenvalue weighted by molar-refractivity contribution is 9.10. The highest BCUT2D eigenvalue weighted by Crippen LogP contribution is 2.25. The molecule has 0 radical (unpaired) electrons. The van der Waals surface area contributed by atoms with Crippen LogP contribution >= 0.6 is 39.5 Å². The molecule has 2 aromatic heterocycles. The van der Waals surface area contributed by atoms with Gasteiger partial charge in [-0.15, -0.1) is 10.2 Å². The van der Waals surface area contributed by atoms with Gasteiger partial charge in [-0.1, -0.05) is 57.6 Å². The second kappa shape index (κ2) is 8.36. The van der Waals surface area contributed by atoms with Crippen molar-refractivity contribution in [2.45, 2.75) is 13.5 Å². The molecule has 0 bridgehead atoms. The number of aryl methyl sites for hydroxylation is 1. The van der Waals surface area contributed by atoms with Gasteiger partial charge >= 0.3 is 0 Å². The Morgan fingerprint density at radius 2 is 2.00 bits per heavy atom. The summed E-state index contributed by atoms with van der Waals surface area (Å²) >= 11 is 10.1. The predicted molar refractivity (Wildman–Crippen MR) is 120 cm³/mol. The molecule has 0 fully saturated rings. The van der Waals surface area contributed by atoms with Gasteiger partial charge in [0.2, 0.25) is 4.96 Å². The van der Waals surface area contributed by atoms with E-state index in [2.05, 4.69) is 41.9 Å². The Morgan fingerprint density at radius 1 is 1.21 bits per heavy atom. The normalized spacial score (nSPS) is 10.8. The number of carbonyl (C=O) groups is 1. The Morgan fingerprint density at radius 3 is 2.72 bits per heavy atom. The molecule has 0 unspecified atom stereocenters. The van der Waals surface area contributed by atoms with Crippen LogP contribution in [0.5, 0.6) is 0 Å². The Kier molecular flexibility index (Phi) is 5.65. The number of amides is 1. The molecule has 10 heteroatoms. The van der Waals surface area contributed by atoms with Gasteiger partial charge in [-0.05, 0) is 42.9 Å². The number of aromatic nitrogens is 4. The number of fused-ring (bicyclic) bond motifs is 1. The lowest BCUT2D eigenvalue weighted by atomic mass is 10.1. The molecular formula is C19H15BrN6OS2. The van der Waals surface area contributed by atoms with Crippen LogP contribution in [0.15, 0.2) is 53.0 Å². The van der Waals surface area contributed by atoms with E-state index in [1.165, 1.54) is 11.3 Å². The van der Waals surface area contributed by atoms with Gasteiger partial charge < -0.3 is 5.32 Å². The molecule has 0 saturated carbocycles. The summed E-state index contributed by atoms with van der Waals surface area (Å²) in [6.45, 7) is 2.37. The zero-order chi connectivity index (χ0) is 20.4. The number of benzene rings is 2. The van der Waals surface area contributed by atoms with E-state index in [4.69, 9.17) is 12.2 Å². The van der Waals surface area contributed by atoms with Crippen molar-refractivity contribution < 1.29 is 4.79 Å². The lowest BCUT2D eigenvalue weighted by Crippen LogP contribution is -2.38. The molecule has 0 atom stereocenters. The van der Waals surface area contributed by atoms with Gasteiger partial charge in [0.1, 0.15) is 5.01 Å². The van der Waals surface area contributed by atoms with Crippen LogP contribution in [0.3, 0.4) is 0 Å². The summed E-state index contributed by atoms with van der Waals surface area (Å²) in [6.07, 6.45) is 0. The fraction of sp³-hybridized carbons (Fsp3) is 0.105. The molecule has 29 heavy (non-hydrogen) atoms. The monoisotopic (exact) mass is 486 g/mol. The van der Waals surface area contributed by atoms with Gasteiger partial charge in [-0.2, -0.15) is 9.61 Å². The maximum absolute atomic E-state index is 12.2. The van der Waals surface area contributed by atoms with E-state index < -0.39 is 0 Å². The van der Waals surface area contributed by atoms with Crippen molar-refractivity contribution in [3.63, 3.8) is 0 Å². The van der Waals surface area contributed by atoms with Gasteiger partial charge in [-0.25, -0.2) is 0 Å². The molecule has 146 valence electrons. The summed E-state index contributed by atoms with van der Waals surface area (Å²) < 4.78 is 2.58. The van der Waals surface area contributed by atoms with E-state index in [0.717, 1.165) is 31.4 Å². The maximum atomic E-state index is 12.2. The highest BCUT2D eigenvalue weighted by Gasteiger charge is 2.11. The number of hydrogen-bond acceptors (Lipinski definition) is 6. The summed E-state index contributed by atoms with van der Waals surface area (Å²) in [4.78, 5) is 13.0. The van der Waals surface area contributed by atoms with Crippen LogP contribution in [0.4, 0.5) is 0 Å².